The highest BCUT2D eigenvalue weighted by molar-refractivity contribution is 5.89. The number of nitrogens with one attached hydrogen (secondary N) is 2. The SMILES string of the molecule is COC(=O)N[C@@H](CC/C=C/C(N)=O)C(=O)Cc1cccn(Cc2nc3c(OCC(C)C)cccc3[nH]2)c1=O. The number of amides is 2. The van der Waals surface area contributed by atoms with Gasteiger partial charge in [0.1, 0.15) is 17.1 Å². The second-order valence-electron chi connectivity index (χ2n) is 9.22. The first-order valence-corrected chi connectivity index (χ1v) is 12.3. The molecular weight excluding hydrogens is 490 g/mol. The molecule has 0 spiro atoms. The Kier molecular flexibility index (Phi) is 9.80. The number of hydrogen-bond acceptors (Lipinski definition) is 7. The van der Waals surface area contributed by atoms with Gasteiger partial charge in [-0.15, -0.1) is 0 Å². The van der Waals surface area contributed by atoms with Gasteiger partial charge in [-0.2, -0.15) is 0 Å². The normalized spacial score (nSPS) is 12.1. The zero-order valence-electron chi connectivity index (χ0n) is 21.7. The molecule has 0 aliphatic rings. The number of fused-ring (bicyclic) bond motifs is 1. The molecule has 3 aromatic rings. The molecule has 0 saturated heterocycles. The highest BCUT2D eigenvalue weighted by atomic mass is 16.5. The van der Waals surface area contributed by atoms with Crippen LogP contribution in [-0.2, 0) is 27.3 Å². The molecular formula is C27H33N5O6. The third-order valence-corrected chi connectivity index (χ3v) is 5.65. The Balaban J connectivity index is 1.76. The van der Waals surface area contributed by atoms with E-state index in [0.29, 0.717) is 36.0 Å². The number of allylic oxidation sites excluding steroid dienone is 1. The van der Waals surface area contributed by atoms with Crippen molar-refractivity contribution in [3.05, 3.63) is 70.4 Å². The molecule has 11 nitrogen and oxygen atoms in total. The number of carbonyl (C=O) groups is 3. The number of methoxy groups -OCH3 is 1. The first-order valence-electron chi connectivity index (χ1n) is 12.3. The van der Waals surface area contributed by atoms with Crippen molar-refractivity contribution in [3.8, 4) is 5.75 Å². The number of ether oxygens (including phenoxy) is 2. The number of rotatable bonds is 13. The number of pyridine rings is 1. The summed E-state index contributed by atoms with van der Waals surface area (Å²) in [6.07, 6.45) is 3.89. The minimum Gasteiger partial charge on any atom is -0.491 e. The fourth-order valence-electron chi connectivity index (χ4n) is 3.80. The quantitative estimate of drug-likeness (QED) is 0.290. The third-order valence-electron chi connectivity index (χ3n) is 5.65. The zero-order valence-corrected chi connectivity index (χ0v) is 21.7. The Labute approximate surface area is 220 Å². The number of nitrogens with zero attached hydrogens (tertiary/aromatic N) is 2. The van der Waals surface area contributed by atoms with Crippen molar-refractivity contribution in [3.63, 3.8) is 0 Å². The van der Waals surface area contributed by atoms with Crippen LogP contribution in [0.25, 0.3) is 11.0 Å². The van der Waals surface area contributed by atoms with E-state index in [2.05, 4.69) is 33.9 Å². The molecule has 0 aliphatic carbocycles. The highest BCUT2D eigenvalue weighted by Crippen LogP contribution is 2.24. The van der Waals surface area contributed by atoms with Crippen molar-refractivity contribution in [2.45, 2.75) is 45.7 Å². The monoisotopic (exact) mass is 523 g/mol. The number of aromatic nitrogens is 3. The van der Waals surface area contributed by atoms with Gasteiger partial charge in [-0.1, -0.05) is 32.1 Å². The van der Waals surface area contributed by atoms with Crippen molar-refractivity contribution in [2.75, 3.05) is 13.7 Å². The maximum atomic E-state index is 13.2. The van der Waals surface area contributed by atoms with E-state index in [1.807, 2.05) is 18.2 Å². The third kappa shape index (κ3) is 7.79. The number of para-hydroxylation sites is 1. The van der Waals surface area contributed by atoms with Crippen LogP contribution in [0.15, 0.2) is 53.5 Å². The van der Waals surface area contributed by atoms with Gasteiger partial charge in [-0.05, 0) is 43.0 Å². The Morgan fingerprint density at radius 2 is 2.00 bits per heavy atom. The lowest BCUT2D eigenvalue weighted by Gasteiger charge is -2.16. The van der Waals surface area contributed by atoms with E-state index in [1.165, 1.54) is 23.8 Å². The van der Waals surface area contributed by atoms with E-state index < -0.39 is 18.0 Å². The van der Waals surface area contributed by atoms with Gasteiger partial charge in [0, 0.05) is 18.2 Å². The van der Waals surface area contributed by atoms with Crippen LogP contribution in [0.5, 0.6) is 5.75 Å². The van der Waals surface area contributed by atoms with E-state index in [9.17, 15) is 19.2 Å². The van der Waals surface area contributed by atoms with Crippen molar-refractivity contribution >= 4 is 28.8 Å². The Morgan fingerprint density at radius 1 is 1.21 bits per heavy atom. The number of hydrogen-bond donors (Lipinski definition) is 3. The number of nitrogens with two attached hydrogens (primary N) is 1. The lowest BCUT2D eigenvalue weighted by molar-refractivity contribution is -0.120. The first-order chi connectivity index (χ1) is 18.2. The van der Waals surface area contributed by atoms with Crippen LogP contribution in [-0.4, -0.2) is 52.1 Å². The molecule has 38 heavy (non-hydrogen) atoms. The molecule has 2 amide bonds. The van der Waals surface area contributed by atoms with Crippen LogP contribution in [0.1, 0.15) is 38.1 Å². The largest absolute Gasteiger partial charge is 0.491 e. The standard InChI is InChI=1S/C27H33N5O6/c1-17(2)16-38-22-11-6-10-20-25(22)31-24(29-20)15-32-13-7-8-18(26(32)35)14-21(33)19(30-27(36)37-3)9-4-5-12-23(28)34/h5-8,10-13,17,19H,4,9,14-16H2,1-3H3,(H2,28,34)(H,29,31)(H,30,36)/b12-5+/t19-/m0/s1. The van der Waals surface area contributed by atoms with Crippen LogP contribution in [0.4, 0.5) is 4.79 Å². The molecule has 0 bridgehead atoms. The molecule has 2 aromatic heterocycles. The molecule has 202 valence electrons. The predicted octanol–water partition coefficient (Wildman–Crippen LogP) is 2.47. The number of Topliss-reactive ketones (excluding diaryl/α,β-unsaturated/α-hetero) is 1. The van der Waals surface area contributed by atoms with Crippen molar-refractivity contribution in [1.29, 1.82) is 0 Å². The summed E-state index contributed by atoms with van der Waals surface area (Å²) < 4.78 is 12.0. The number of primary amides is 1. The molecule has 0 unspecified atom stereocenters. The maximum Gasteiger partial charge on any atom is 0.407 e. The number of alkyl carbamates (subject to hydrolysis) is 1. The highest BCUT2D eigenvalue weighted by Gasteiger charge is 2.22. The number of ketones is 1. The Bertz CT molecular complexity index is 1370. The van der Waals surface area contributed by atoms with Gasteiger partial charge < -0.3 is 30.1 Å². The van der Waals surface area contributed by atoms with Gasteiger partial charge in [0.2, 0.25) is 5.91 Å². The van der Waals surface area contributed by atoms with E-state index in [0.717, 1.165) is 5.52 Å². The topological polar surface area (TPSA) is 158 Å². The van der Waals surface area contributed by atoms with Crippen LogP contribution in [0.2, 0.25) is 0 Å². The van der Waals surface area contributed by atoms with Gasteiger partial charge in [-0.25, -0.2) is 9.78 Å². The lowest BCUT2D eigenvalue weighted by Crippen LogP contribution is -2.42. The summed E-state index contributed by atoms with van der Waals surface area (Å²) in [7, 11) is 1.19. The second-order valence-corrected chi connectivity index (χ2v) is 9.22. The average molecular weight is 524 g/mol. The fraction of sp³-hybridized carbons (Fsp3) is 0.370. The van der Waals surface area contributed by atoms with Gasteiger partial charge in [0.15, 0.2) is 5.78 Å². The molecule has 0 saturated carbocycles. The molecule has 2 heterocycles. The zero-order chi connectivity index (χ0) is 27.7. The van der Waals surface area contributed by atoms with E-state index in [4.69, 9.17) is 10.5 Å². The van der Waals surface area contributed by atoms with Crippen LogP contribution >= 0.6 is 0 Å². The molecule has 0 aliphatic heterocycles. The fourth-order valence-corrected chi connectivity index (χ4v) is 3.80. The summed E-state index contributed by atoms with van der Waals surface area (Å²) in [4.78, 5) is 56.7. The van der Waals surface area contributed by atoms with Crippen LogP contribution < -0.4 is 21.3 Å². The summed E-state index contributed by atoms with van der Waals surface area (Å²) in [5.41, 5.74) is 6.49. The summed E-state index contributed by atoms with van der Waals surface area (Å²) in [5, 5.41) is 2.49. The molecule has 11 heteroatoms. The molecule has 4 N–H and O–H groups in total. The minimum atomic E-state index is -0.910. The van der Waals surface area contributed by atoms with E-state index >= 15 is 0 Å². The number of imidazole rings is 1. The number of H-pyrrole nitrogens is 1. The van der Waals surface area contributed by atoms with Gasteiger partial charge in [0.25, 0.3) is 5.56 Å². The number of benzene rings is 1. The van der Waals surface area contributed by atoms with Gasteiger partial charge >= 0.3 is 6.09 Å². The molecule has 1 aromatic carbocycles. The average Bonchev–Trinajstić information content (AvgIpc) is 3.29. The second kappa shape index (κ2) is 13.2. The minimum absolute atomic E-state index is 0.168. The number of carbonyl (C=O) groups excluding carboxylic acids is 3. The lowest BCUT2D eigenvalue weighted by atomic mass is 10.0. The maximum absolute atomic E-state index is 13.2. The van der Waals surface area contributed by atoms with Gasteiger partial charge in [-0.3, -0.25) is 14.4 Å². The predicted molar refractivity (Wildman–Crippen MR) is 142 cm³/mol. The molecule has 0 radical (unpaired) electrons. The molecule has 3 rings (SSSR count). The van der Waals surface area contributed by atoms with E-state index in [1.54, 1.807) is 18.3 Å². The first kappa shape index (κ1) is 28.2. The Hall–Kier alpha value is -4.41. The smallest absolute Gasteiger partial charge is 0.407 e. The number of aromatic amines is 1. The van der Waals surface area contributed by atoms with Crippen LogP contribution in [0, 0.1) is 5.92 Å². The van der Waals surface area contributed by atoms with Gasteiger partial charge in [0.05, 0.1) is 31.8 Å². The Morgan fingerprint density at radius 3 is 2.71 bits per heavy atom. The van der Waals surface area contributed by atoms with Crippen molar-refractivity contribution < 1.29 is 23.9 Å². The summed E-state index contributed by atoms with van der Waals surface area (Å²) in [5.74, 6) is 0.621. The van der Waals surface area contributed by atoms with Crippen molar-refractivity contribution in [1.82, 2.24) is 19.9 Å². The summed E-state index contributed by atoms with van der Waals surface area (Å²) in [6, 6.07) is 7.97. The molecule has 1 atom stereocenters. The van der Waals surface area contributed by atoms with Crippen LogP contribution in [0.3, 0.4) is 0 Å². The molecule has 0 fully saturated rings. The van der Waals surface area contributed by atoms with Crippen molar-refractivity contribution in [2.24, 2.45) is 11.7 Å². The summed E-state index contributed by atoms with van der Waals surface area (Å²) in [6.45, 7) is 4.86. The summed E-state index contributed by atoms with van der Waals surface area (Å²) >= 11 is 0. The van der Waals surface area contributed by atoms with E-state index in [-0.39, 0.29) is 36.3 Å².